The molecule has 0 unspecified atom stereocenters. The molecule has 2 N–H and O–H groups in total. The molecule has 0 saturated carbocycles. The number of carbonyl (C=O) groups is 1. The predicted octanol–water partition coefficient (Wildman–Crippen LogP) is -0.0973. The van der Waals surface area contributed by atoms with E-state index in [0.717, 1.165) is 11.8 Å². The fourth-order valence-electron chi connectivity index (χ4n) is 1.28. The normalized spacial score (nSPS) is 10.8. The number of aromatic amines is 1. The SMILES string of the molecule is Cc1nc(SCC(=O)O)cc2n[nH]c(=O)n12. The van der Waals surface area contributed by atoms with Crippen molar-refractivity contribution < 1.29 is 9.90 Å². The third-order valence-electron chi connectivity index (χ3n) is 1.89. The van der Waals surface area contributed by atoms with Gasteiger partial charge in [-0.05, 0) is 6.92 Å². The average Bonchev–Trinajstić information content (AvgIpc) is 2.58. The van der Waals surface area contributed by atoms with Crippen LogP contribution in [-0.4, -0.2) is 36.4 Å². The maximum atomic E-state index is 11.3. The largest absolute Gasteiger partial charge is 0.481 e. The average molecular weight is 240 g/mol. The molecular formula is C8H8N4O3S. The summed E-state index contributed by atoms with van der Waals surface area (Å²) in [6, 6.07) is 1.57. The molecule has 0 aromatic carbocycles. The zero-order chi connectivity index (χ0) is 11.7. The molecule has 0 spiro atoms. The monoisotopic (exact) mass is 240 g/mol. The van der Waals surface area contributed by atoms with Crippen molar-refractivity contribution >= 4 is 23.4 Å². The number of thioether (sulfide) groups is 1. The summed E-state index contributed by atoms with van der Waals surface area (Å²) >= 11 is 1.09. The Morgan fingerprint density at radius 2 is 2.44 bits per heavy atom. The quantitative estimate of drug-likeness (QED) is 0.574. The van der Waals surface area contributed by atoms with Gasteiger partial charge in [-0.15, -0.1) is 0 Å². The van der Waals surface area contributed by atoms with Gasteiger partial charge in [-0.2, -0.15) is 5.10 Å². The minimum absolute atomic E-state index is 0.0722. The van der Waals surface area contributed by atoms with E-state index in [1.54, 1.807) is 13.0 Å². The molecule has 0 aliphatic carbocycles. The van der Waals surface area contributed by atoms with E-state index in [-0.39, 0.29) is 11.4 Å². The Morgan fingerprint density at radius 1 is 1.69 bits per heavy atom. The van der Waals surface area contributed by atoms with Gasteiger partial charge < -0.3 is 5.11 Å². The molecule has 84 valence electrons. The number of fused-ring (bicyclic) bond motifs is 1. The van der Waals surface area contributed by atoms with Crippen LogP contribution < -0.4 is 5.69 Å². The molecule has 0 aliphatic heterocycles. The fraction of sp³-hybridized carbons (Fsp3) is 0.250. The number of H-pyrrole nitrogens is 1. The molecule has 0 radical (unpaired) electrons. The standard InChI is InChI=1S/C8H8N4O3S/c1-4-9-6(16-3-7(13)14)2-5-10-11-8(15)12(4)5/h2H,3H2,1H3,(H,11,15)(H,13,14). The highest BCUT2D eigenvalue weighted by Crippen LogP contribution is 2.16. The van der Waals surface area contributed by atoms with Gasteiger partial charge in [0.15, 0.2) is 5.65 Å². The van der Waals surface area contributed by atoms with Crippen LogP contribution in [0.15, 0.2) is 15.9 Å². The third kappa shape index (κ3) is 1.91. The topological polar surface area (TPSA) is 100 Å². The number of rotatable bonds is 3. The van der Waals surface area contributed by atoms with Gasteiger partial charge in [0.25, 0.3) is 0 Å². The number of aryl methyl sites for hydroxylation is 1. The van der Waals surface area contributed by atoms with Crippen LogP contribution in [0.3, 0.4) is 0 Å². The van der Waals surface area contributed by atoms with Crippen LogP contribution in [0.4, 0.5) is 0 Å². The number of hydrogen-bond donors (Lipinski definition) is 2. The minimum atomic E-state index is -0.913. The van der Waals surface area contributed by atoms with Gasteiger partial charge in [0.05, 0.1) is 5.75 Å². The Bertz CT molecular complexity index is 603. The van der Waals surface area contributed by atoms with E-state index < -0.39 is 5.97 Å². The maximum absolute atomic E-state index is 11.3. The number of aliphatic carboxylic acids is 1. The van der Waals surface area contributed by atoms with Gasteiger partial charge in [-0.25, -0.2) is 19.3 Å². The molecule has 2 rings (SSSR count). The van der Waals surface area contributed by atoms with Crippen molar-refractivity contribution in [2.75, 3.05) is 5.75 Å². The lowest BCUT2D eigenvalue weighted by Gasteiger charge is -2.01. The van der Waals surface area contributed by atoms with Crippen LogP contribution in [0.1, 0.15) is 5.82 Å². The van der Waals surface area contributed by atoms with Gasteiger partial charge in [-0.1, -0.05) is 11.8 Å². The first-order valence-corrected chi connectivity index (χ1v) is 5.36. The van der Waals surface area contributed by atoms with E-state index in [1.165, 1.54) is 4.40 Å². The van der Waals surface area contributed by atoms with E-state index >= 15 is 0 Å². The van der Waals surface area contributed by atoms with Gasteiger partial charge in [-0.3, -0.25) is 4.79 Å². The molecule has 16 heavy (non-hydrogen) atoms. The Hall–Kier alpha value is -1.83. The van der Waals surface area contributed by atoms with Crippen LogP contribution in [0.5, 0.6) is 0 Å². The Kier molecular flexibility index (Phi) is 2.65. The number of aromatic nitrogens is 4. The molecule has 7 nitrogen and oxygen atoms in total. The Balaban J connectivity index is 2.42. The Labute approximate surface area is 93.5 Å². The molecule has 0 saturated heterocycles. The van der Waals surface area contributed by atoms with Gasteiger partial charge in [0.2, 0.25) is 0 Å². The van der Waals surface area contributed by atoms with Crippen molar-refractivity contribution in [3.63, 3.8) is 0 Å². The fourth-order valence-corrected chi connectivity index (χ4v) is 1.94. The lowest BCUT2D eigenvalue weighted by Crippen LogP contribution is -2.13. The van der Waals surface area contributed by atoms with Crippen molar-refractivity contribution in [2.45, 2.75) is 11.9 Å². The molecular weight excluding hydrogens is 232 g/mol. The van der Waals surface area contributed by atoms with E-state index in [9.17, 15) is 9.59 Å². The zero-order valence-corrected chi connectivity index (χ0v) is 9.11. The van der Waals surface area contributed by atoms with Crippen LogP contribution >= 0.6 is 11.8 Å². The third-order valence-corrected chi connectivity index (χ3v) is 2.79. The smallest absolute Gasteiger partial charge is 0.349 e. The van der Waals surface area contributed by atoms with Crippen LogP contribution in [0.2, 0.25) is 0 Å². The van der Waals surface area contributed by atoms with E-state index in [2.05, 4.69) is 15.2 Å². The molecule has 2 heterocycles. The van der Waals surface area contributed by atoms with E-state index in [0.29, 0.717) is 16.5 Å². The zero-order valence-electron chi connectivity index (χ0n) is 8.30. The van der Waals surface area contributed by atoms with Crippen LogP contribution in [0.25, 0.3) is 5.65 Å². The highest BCUT2D eigenvalue weighted by molar-refractivity contribution is 7.99. The lowest BCUT2D eigenvalue weighted by molar-refractivity contribution is -0.133. The first kappa shape index (κ1) is 10.7. The second-order valence-electron chi connectivity index (χ2n) is 3.05. The number of carboxylic acids is 1. The summed E-state index contributed by atoms with van der Waals surface area (Å²) in [5.41, 5.74) is 0.0835. The molecule has 2 aromatic rings. The van der Waals surface area contributed by atoms with Gasteiger partial charge >= 0.3 is 11.7 Å². The predicted molar refractivity (Wildman–Crippen MR) is 56.7 cm³/mol. The summed E-state index contributed by atoms with van der Waals surface area (Å²) in [7, 11) is 0. The van der Waals surface area contributed by atoms with Crippen molar-refractivity contribution in [1.82, 2.24) is 19.6 Å². The molecule has 0 amide bonds. The summed E-state index contributed by atoms with van der Waals surface area (Å²) < 4.78 is 1.32. The van der Waals surface area contributed by atoms with E-state index in [1.807, 2.05) is 0 Å². The first-order chi connectivity index (χ1) is 7.58. The summed E-state index contributed by atoms with van der Waals surface area (Å²) in [6.07, 6.45) is 0. The van der Waals surface area contributed by atoms with Crippen LogP contribution in [-0.2, 0) is 4.79 Å². The summed E-state index contributed by atoms with van der Waals surface area (Å²) in [6.45, 7) is 1.66. The molecule has 0 bridgehead atoms. The number of carboxylic acid groups (broad SMARTS) is 1. The summed E-state index contributed by atoms with van der Waals surface area (Å²) in [5, 5.41) is 15.2. The number of nitrogens with one attached hydrogen (secondary N) is 1. The first-order valence-electron chi connectivity index (χ1n) is 4.37. The highest BCUT2D eigenvalue weighted by atomic mass is 32.2. The maximum Gasteiger partial charge on any atom is 0.349 e. The number of nitrogens with zero attached hydrogens (tertiary/aromatic N) is 3. The highest BCUT2D eigenvalue weighted by Gasteiger charge is 2.08. The van der Waals surface area contributed by atoms with E-state index in [4.69, 9.17) is 5.11 Å². The lowest BCUT2D eigenvalue weighted by atomic mass is 10.5. The summed E-state index contributed by atoms with van der Waals surface area (Å²) in [4.78, 5) is 25.8. The molecule has 0 atom stereocenters. The van der Waals surface area contributed by atoms with Crippen molar-refractivity contribution in [3.8, 4) is 0 Å². The van der Waals surface area contributed by atoms with Crippen molar-refractivity contribution in [1.29, 1.82) is 0 Å². The van der Waals surface area contributed by atoms with Crippen molar-refractivity contribution in [2.24, 2.45) is 0 Å². The second-order valence-corrected chi connectivity index (χ2v) is 4.04. The summed E-state index contributed by atoms with van der Waals surface area (Å²) in [5.74, 6) is -0.509. The molecule has 8 heteroatoms. The Morgan fingerprint density at radius 3 is 3.12 bits per heavy atom. The van der Waals surface area contributed by atoms with Gasteiger partial charge in [0.1, 0.15) is 10.9 Å². The minimum Gasteiger partial charge on any atom is -0.481 e. The second kappa shape index (κ2) is 3.97. The molecule has 0 fully saturated rings. The van der Waals surface area contributed by atoms with Crippen molar-refractivity contribution in [3.05, 3.63) is 22.4 Å². The van der Waals surface area contributed by atoms with Gasteiger partial charge in [0, 0.05) is 6.07 Å². The number of hydrogen-bond acceptors (Lipinski definition) is 5. The molecule has 0 aliphatic rings. The molecule has 2 aromatic heterocycles. The van der Waals surface area contributed by atoms with Crippen LogP contribution in [0, 0.1) is 6.92 Å².